The zero-order valence-electron chi connectivity index (χ0n) is 16.1. The van der Waals surface area contributed by atoms with Crippen LogP contribution in [0.5, 0.6) is 11.5 Å². The second-order valence-corrected chi connectivity index (χ2v) is 6.89. The number of para-hydroxylation sites is 2. The van der Waals surface area contributed by atoms with Crippen LogP contribution in [0.1, 0.15) is 24.5 Å². The number of hydrogen-bond donors (Lipinski definition) is 1. The van der Waals surface area contributed by atoms with E-state index in [0.717, 1.165) is 19.5 Å². The molecule has 0 saturated heterocycles. The van der Waals surface area contributed by atoms with Gasteiger partial charge in [0.05, 0.1) is 20.1 Å². The molecule has 0 bridgehead atoms. The molecule has 1 unspecified atom stereocenters. The molecule has 5 heteroatoms. The van der Waals surface area contributed by atoms with Gasteiger partial charge in [-0.2, -0.15) is 0 Å². The second kappa shape index (κ2) is 9.42. The van der Waals surface area contributed by atoms with Gasteiger partial charge in [-0.15, -0.1) is 0 Å². The van der Waals surface area contributed by atoms with E-state index in [0.29, 0.717) is 37.1 Å². The number of nitrogens with zero attached hydrogens (tertiary/aromatic N) is 1. The van der Waals surface area contributed by atoms with Gasteiger partial charge in [-0.05, 0) is 36.6 Å². The number of fused-ring (bicyclic) bond motifs is 1. The highest BCUT2D eigenvalue weighted by Crippen LogP contribution is 2.25. The van der Waals surface area contributed by atoms with Gasteiger partial charge in [0.15, 0.2) is 11.5 Å². The first-order valence-electron chi connectivity index (χ1n) is 9.50. The molecule has 0 spiro atoms. The Kier molecular flexibility index (Phi) is 6.71. The average molecular weight is 368 g/mol. The van der Waals surface area contributed by atoms with Crippen LogP contribution in [0.4, 0.5) is 0 Å². The smallest absolute Gasteiger partial charge is 0.223 e. The van der Waals surface area contributed by atoms with E-state index in [-0.39, 0.29) is 5.91 Å². The lowest BCUT2D eigenvalue weighted by atomic mass is 9.99. The standard InChI is InChI=1S/C22H28N2O3/c1-17(24-13-11-18-7-3-4-8-19(18)16-24)15-23-22(25)12-14-27-21-10-6-5-9-20(21)26-2/h3-10,17H,11-16H2,1-2H3,(H,23,25). The topological polar surface area (TPSA) is 50.8 Å². The van der Waals surface area contributed by atoms with E-state index in [9.17, 15) is 4.79 Å². The monoisotopic (exact) mass is 368 g/mol. The minimum atomic E-state index is 0.00848. The molecule has 5 nitrogen and oxygen atoms in total. The maximum absolute atomic E-state index is 12.1. The van der Waals surface area contributed by atoms with E-state index in [2.05, 4.69) is 41.4 Å². The minimum Gasteiger partial charge on any atom is -0.493 e. The predicted molar refractivity (Wildman–Crippen MR) is 106 cm³/mol. The van der Waals surface area contributed by atoms with Gasteiger partial charge in [0.25, 0.3) is 0 Å². The van der Waals surface area contributed by atoms with Crippen molar-refractivity contribution in [2.24, 2.45) is 0 Å². The van der Waals surface area contributed by atoms with Crippen molar-refractivity contribution in [1.82, 2.24) is 10.2 Å². The molecule has 1 amide bonds. The summed E-state index contributed by atoms with van der Waals surface area (Å²) in [6, 6.07) is 16.4. The number of nitrogens with one attached hydrogen (secondary N) is 1. The number of benzene rings is 2. The van der Waals surface area contributed by atoms with Crippen molar-refractivity contribution in [3.63, 3.8) is 0 Å². The van der Waals surface area contributed by atoms with E-state index < -0.39 is 0 Å². The Hall–Kier alpha value is -2.53. The molecule has 0 aliphatic carbocycles. The summed E-state index contributed by atoms with van der Waals surface area (Å²) in [5.74, 6) is 1.35. The maximum atomic E-state index is 12.1. The van der Waals surface area contributed by atoms with E-state index >= 15 is 0 Å². The molecule has 0 saturated carbocycles. The Labute approximate surface area is 161 Å². The lowest BCUT2D eigenvalue weighted by Crippen LogP contribution is -2.44. The summed E-state index contributed by atoms with van der Waals surface area (Å²) in [5, 5.41) is 3.03. The Balaban J connectivity index is 1.39. The first-order chi connectivity index (χ1) is 13.2. The number of carbonyl (C=O) groups excluding carboxylic acids is 1. The van der Waals surface area contributed by atoms with Gasteiger partial charge in [0.2, 0.25) is 5.91 Å². The van der Waals surface area contributed by atoms with Crippen molar-refractivity contribution in [3.8, 4) is 11.5 Å². The molecular formula is C22H28N2O3. The molecule has 2 aromatic rings. The van der Waals surface area contributed by atoms with Crippen molar-refractivity contribution in [1.29, 1.82) is 0 Å². The lowest BCUT2D eigenvalue weighted by Gasteiger charge is -2.33. The number of amides is 1. The molecule has 1 atom stereocenters. The third-order valence-corrected chi connectivity index (χ3v) is 5.03. The minimum absolute atomic E-state index is 0.00848. The molecule has 1 heterocycles. The molecule has 3 rings (SSSR count). The third kappa shape index (κ3) is 5.23. The van der Waals surface area contributed by atoms with Crippen LogP contribution in [0.15, 0.2) is 48.5 Å². The highest BCUT2D eigenvalue weighted by Gasteiger charge is 2.20. The van der Waals surface area contributed by atoms with Gasteiger partial charge in [-0.1, -0.05) is 36.4 Å². The van der Waals surface area contributed by atoms with Crippen LogP contribution in [0.25, 0.3) is 0 Å². The van der Waals surface area contributed by atoms with Gasteiger partial charge >= 0.3 is 0 Å². The maximum Gasteiger partial charge on any atom is 0.223 e. The fourth-order valence-corrected chi connectivity index (χ4v) is 3.36. The van der Waals surface area contributed by atoms with E-state index in [4.69, 9.17) is 9.47 Å². The molecule has 144 valence electrons. The number of ether oxygens (including phenoxy) is 2. The summed E-state index contributed by atoms with van der Waals surface area (Å²) in [5.41, 5.74) is 2.84. The molecule has 1 N–H and O–H groups in total. The lowest BCUT2D eigenvalue weighted by molar-refractivity contribution is -0.121. The SMILES string of the molecule is COc1ccccc1OCCC(=O)NCC(C)N1CCc2ccccc2C1. The molecule has 0 radical (unpaired) electrons. The zero-order valence-corrected chi connectivity index (χ0v) is 16.1. The largest absolute Gasteiger partial charge is 0.493 e. The van der Waals surface area contributed by atoms with E-state index in [1.165, 1.54) is 11.1 Å². The molecule has 2 aromatic carbocycles. The van der Waals surface area contributed by atoms with Crippen LogP contribution in [-0.2, 0) is 17.8 Å². The summed E-state index contributed by atoms with van der Waals surface area (Å²) in [6.45, 7) is 5.13. The number of methoxy groups -OCH3 is 1. The van der Waals surface area contributed by atoms with E-state index in [1.807, 2.05) is 24.3 Å². The number of rotatable bonds is 8. The summed E-state index contributed by atoms with van der Waals surface area (Å²) in [4.78, 5) is 14.6. The Morgan fingerprint density at radius 3 is 2.59 bits per heavy atom. The van der Waals surface area contributed by atoms with Gasteiger partial charge in [-0.25, -0.2) is 0 Å². The molecule has 1 aliphatic rings. The Morgan fingerprint density at radius 2 is 1.81 bits per heavy atom. The second-order valence-electron chi connectivity index (χ2n) is 6.89. The molecule has 27 heavy (non-hydrogen) atoms. The van der Waals surface area contributed by atoms with Crippen molar-refractivity contribution in [3.05, 3.63) is 59.7 Å². The van der Waals surface area contributed by atoms with Crippen LogP contribution in [0.2, 0.25) is 0 Å². The van der Waals surface area contributed by atoms with Crippen molar-refractivity contribution in [2.75, 3.05) is 26.8 Å². The van der Waals surface area contributed by atoms with Crippen molar-refractivity contribution < 1.29 is 14.3 Å². The van der Waals surface area contributed by atoms with Crippen molar-refractivity contribution >= 4 is 5.91 Å². The highest BCUT2D eigenvalue weighted by molar-refractivity contribution is 5.76. The summed E-state index contributed by atoms with van der Waals surface area (Å²) in [7, 11) is 1.61. The van der Waals surface area contributed by atoms with Gasteiger partial charge in [0.1, 0.15) is 0 Å². The van der Waals surface area contributed by atoms with Crippen molar-refractivity contribution in [2.45, 2.75) is 32.4 Å². The van der Waals surface area contributed by atoms with Gasteiger partial charge in [0, 0.05) is 25.7 Å². The number of hydrogen-bond acceptors (Lipinski definition) is 4. The summed E-state index contributed by atoms with van der Waals surface area (Å²) >= 11 is 0. The molecule has 1 aliphatic heterocycles. The first kappa shape index (κ1) is 19.2. The first-order valence-corrected chi connectivity index (χ1v) is 9.50. The predicted octanol–water partition coefficient (Wildman–Crippen LogP) is 3.03. The Morgan fingerprint density at radius 1 is 1.11 bits per heavy atom. The molecule has 0 aromatic heterocycles. The fraction of sp³-hybridized carbons (Fsp3) is 0.409. The summed E-state index contributed by atoms with van der Waals surface area (Å²) < 4.78 is 10.9. The Bertz CT molecular complexity index is 763. The van der Waals surface area contributed by atoms with Gasteiger partial charge < -0.3 is 14.8 Å². The van der Waals surface area contributed by atoms with Crippen LogP contribution in [0.3, 0.4) is 0 Å². The highest BCUT2D eigenvalue weighted by atomic mass is 16.5. The van der Waals surface area contributed by atoms with Crippen LogP contribution >= 0.6 is 0 Å². The fourth-order valence-electron chi connectivity index (χ4n) is 3.36. The van der Waals surface area contributed by atoms with Crippen LogP contribution < -0.4 is 14.8 Å². The quantitative estimate of drug-likeness (QED) is 0.778. The normalized spacial score (nSPS) is 14.9. The zero-order chi connectivity index (χ0) is 19.1. The molecular weight excluding hydrogens is 340 g/mol. The van der Waals surface area contributed by atoms with Gasteiger partial charge in [-0.3, -0.25) is 9.69 Å². The number of carbonyl (C=O) groups is 1. The van der Waals surface area contributed by atoms with Crippen LogP contribution in [-0.4, -0.2) is 43.7 Å². The van der Waals surface area contributed by atoms with E-state index in [1.54, 1.807) is 7.11 Å². The average Bonchev–Trinajstić information content (AvgIpc) is 2.72. The van der Waals surface area contributed by atoms with Crippen LogP contribution in [0, 0.1) is 0 Å². The third-order valence-electron chi connectivity index (χ3n) is 5.03. The molecule has 0 fully saturated rings. The summed E-state index contributed by atoms with van der Waals surface area (Å²) in [6.07, 6.45) is 1.40.